The molecule has 1 aliphatic carbocycles. The van der Waals surface area contributed by atoms with E-state index in [1.165, 1.54) is 6.42 Å². The highest BCUT2D eigenvalue weighted by Crippen LogP contribution is 2.20. The number of benzene rings is 1. The van der Waals surface area contributed by atoms with E-state index in [9.17, 15) is 9.59 Å². The molecule has 0 aliphatic heterocycles. The topological polar surface area (TPSA) is 84.2 Å². The maximum absolute atomic E-state index is 11.9. The SMILES string of the molecule is Cc1ccc(N)c(NC(=O)C(=O)NC2CCCCC2)c1. The predicted octanol–water partition coefficient (Wildman–Crippen LogP) is 1.96. The van der Waals surface area contributed by atoms with E-state index in [0.29, 0.717) is 11.4 Å². The lowest BCUT2D eigenvalue weighted by molar-refractivity contribution is -0.136. The molecule has 4 N–H and O–H groups in total. The van der Waals surface area contributed by atoms with E-state index in [-0.39, 0.29) is 6.04 Å². The smallest absolute Gasteiger partial charge is 0.313 e. The number of hydrogen-bond donors (Lipinski definition) is 3. The van der Waals surface area contributed by atoms with Crippen LogP contribution in [0.3, 0.4) is 0 Å². The maximum atomic E-state index is 11.9. The molecule has 1 fully saturated rings. The van der Waals surface area contributed by atoms with Gasteiger partial charge in [0.05, 0.1) is 11.4 Å². The molecule has 1 aliphatic rings. The van der Waals surface area contributed by atoms with E-state index >= 15 is 0 Å². The van der Waals surface area contributed by atoms with E-state index in [4.69, 9.17) is 5.73 Å². The number of rotatable bonds is 2. The quantitative estimate of drug-likeness (QED) is 0.570. The highest BCUT2D eigenvalue weighted by Gasteiger charge is 2.20. The summed E-state index contributed by atoms with van der Waals surface area (Å²) < 4.78 is 0. The minimum absolute atomic E-state index is 0.122. The number of nitrogens with two attached hydrogens (primary N) is 1. The van der Waals surface area contributed by atoms with Crippen LogP contribution in [0.5, 0.6) is 0 Å². The van der Waals surface area contributed by atoms with Crippen LogP contribution in [-0.4, -0.2) is 17.9 Å². The third kappa shape index (κ3) is 3.73. The van der Waals surface area contributed by atoms with Crippen molar-refractivity contribution in [2.45, 2.75) is 45.1 Å². The Morgan fingerprint density at radius 1 is 1.15 bits per heavy atom. The first-order valence-corrected chi connectivity index (χ1v) is 7.04. The largest absolute Gasteiger partial charge is 0.397 e. The summed E-state index contributed by atoms with van der Waals surface area (Å²) in [5, 5.41) is 5.35. The second-order valence-corrected chi connectivity index (χ2v) is 5.35. The average Bonchev–Trinajstić information content (AvgIpc) is 2.44. The Morgan fingerprint density at radius 3 is 2.55 bits per heavy atom. The van der Waals surface area contributed by atoms with Crippen LogP contribution in [0.2, 0.25) is 0 Å². The van der Waals surface area contributed by atoms with Gasteiger partial charge in [0.25, 0.3) is 0 Å². The summed E-state index contributed by atoms with van der Waals surface area (Å²) in [4.78, 5) is 23.7. The number of hydrogen-bond acceptors (Lipinski definition) is 3. The van der Waals surface area contributed by atoms with Gasteiger partial charge in [0, 0.05) is 6.04 Å². The summed E-state index contributed by atoms with van der Waals surface area (Å²) in [6.07, 6.45) is 5.32. The molecule has 0 heterocycles. The first kappa shape index (κ1) is 14.4. The van der Waals surface area contributed by atoms with Gasteiger partial charge in [-0.2, -0.15) is 0 Å². The van der Waals surface area contributed by atoms with Gasteiger partial charge in [-0.3, -0.25) is 9.59 Å². The Balaban J connectivity index is 1.93. The van der Waals surface area contributed by atoms with Crippen molar-refractivity contribution in [3.05, 3.63) is 23.8 Å². The van der Waals surface area contributed by atoms with Gasteiger partial charge in [-0.05, 0) is 37.5 Å². The van der Waals surface area contributed by atoms with Crippen molar-refractivity contribution in [2.75, 3.05) is 11.1 Å². The summed E-state index contributed by atoms with van der Waals surface area (Å²) in [6, 6.07) is 5.44. The fraction of sp³-hybridized carbons (Fsp3) is 0.467. The van der Waals surface area contributed by atoms with Gasteiger partial charge in [-0.1, -0.05) is 25.3 Å². The Bertz CT molecular complexity index is 508. The van der Waals surface area contributed by atoms with Gasteiger partial charge >= 0.3 is 11.8 Å². The van der Waals surface area contributed by atoms with Gasteiger partial charge in [-0.15, -0.1) is 0 Å². The number of anilines is 2. The normalized spacial score (nSPS) is 15.7. The van der Waals surface area contributed by atoms with Crippen molar-refractivity contribution in [2.24, 2.45) is 0 Å². The summed E-state index contributed by atoms with van der Waals surface area (Å²) in [7, 11) is 0. The fourth-order valence-corrected chi connectivity index (χ4v) is 2.46. The monoisotopic (exact) mass is 275 g/mol. The van der Waals surface area contributed by atoms with Crippen molar-refractivity contribution in [1.29, 1.82) is 0 Å². The van der Waals surface area contributed by atoms with Gasteiger partial charge in [0.1, 0.15) is 0 Å². The van der Waals surface area contributed by atoms with E-state index in [2.05, 4.69) is 10.6 Å². The minimum atomic E-state index is -0.659. The van der Waals surface area contributed by atoms with Crippen LogP contribution in [0.25, 0.3) is 0 Å². The lowest BCUT2D eigenvalue weighted by atomic mass is 9.95. The van der Waals surface area contributed by atoms with Crippen LogP contribution in [0.15, 0.2) is 18.2 Å². The van der Waals surface area contributed by atoms with E-state index in [1.807, 2.05) is 13.0 Å². The van der Waals surface area contributed by atoms with Gasteiger partial charge in [0.2, 0.25) is 0 Å². The summed E-state index contributed by atoms with van der Waals surface area (Å²) >= 11 is 0. The molecule has 20 heavy (non-hydrogen) atoms. The third-order valence-electron chi connectivity index (χ3n) is 3.60. The molecule has 0 atom stereocenters. The van der Waals surface area contributed by atoms with Crippen LogP contribution in [0.4, 0.5) is 11.4 Å². The van der Waals surface area contributed by atoms with Gasteiger partial charge in [0.15, 0.2) is 0 Å². The molecule has 0 radical (unpaired) electrons. The van der Waals surface area contributed by atoms with E-state index in [1.54, 1.807) is 12.1 Å². The molecule has 0 unspecified atom stereocenters. The summed E-state index contributed by atoms with van der Waals surface area (Å²) in [6.45, 7) is 1.90. The Morgan fingerprint density at radius 2 is 1.85 bits per heavy atom. The zero-order chi connectivity index (χ0) is 14.5. The van der Waals surface area contributed by atoms with Crippen LogP contribution in [-0.2, 0) is 9.59 Å². The van der Waals surface area contributed by atoms with Crippen LogP contribution in [0, 0.1) is 6.92 Å². The zero-order valence-electron chi connectivity index (χ0n) is 11.7. The Hall–Kier alpha value is -2.04. The van der Waals surface area contributed by atoms with Crippen LogP contribution >= 0.6 is 0 Å². The molecule has 0 spiro atoms. The number of carbonyl (C=O) groups excluding carboxylic acids is 2. The molecular weight excluding hydrogens is 254 g/mol. The first-order valence-electron chi connectivity index (χ1n) is 7.04. The fourth-order valence-electron chi connectivity index (χ4n) is 2.46. The average molecular weight is 275 g/mol. The van der Waals surface area contributed by atoms with Crippen LogP contribution < -0.4 is 16.4 Å². The molecule has 0 aromatic heterocycles. The molecular formula is C15H21N3O2. The molecule has 5 heteroatoms. The number of amides is 2. The van der Waals surface area contributed by atoms with Crippen molar-refractivity contribution >= 4 is 23.2 Å². The second-order valence-electron chi connectivity index (χ2n) is 5.35. The Kier molecular flexibility index (Phi) is 4.61. The molecule has 1 saturated carbocycles. The molecule has 1 aromatic rings. The molecule has 0 saturated heterocycles. The molecule has 0 bridgehead atoms. The predicted molar refractivity (Wildman–Crippen MR) is 79.2 cm³/mol. The number of aryl methyl sites for hydroxylation is 1. The number of carbonyl (C=O) groups is 2. The number of nitrogens with one attached hydrogen (secondary N) is 2. The Labute approximate surface area is 118 Å². The summed E-state index contributed by atoms with van der Waals surface area (Å²) in [5.74, 6) is -1.24. The van der Waals surface area contributed by atoms with Crippen molar-refractivity contribution in [3.8, 4) is 0 Å². The second kappa shape index (κ2) is 6.41. The molecule has 108 valence electrons. The van der Waals surface area contributed by atoms with E-state index in [0.717, 1.165) is 31.2 Å². The first-order chi connectivity index (χ1) is 9.56. The molecule has 5 nitrogen and oxygen atoms in total. The highest BCUT2D eigenvalue weighted by molar-refractivity contribution is 6.40. The van der Waals surface area contributed by atoms with Crippen molar-refractivity contribution in [3.63, 3.8) is 0 Å². The highest BCUT2D eigenvalue weighted by atomic mass is 16.2. The third-order valence-corrected chi connectivity index (χ3v) is 3.60. The number of nitrogen functional groups attached to an aromatic ring is 1. The standard InChI is InChI=1S/C15H21N3O2/c1-10-7-8-12(16)13(9-10)18-15(20)14(19)17-11-5-3-2-4-6-11/h7-9,11H,2-6,16H2,1H3,(H,17,19)(H,18,20). The van der Waals surface area contributed by atoms with Crippen LogP contribution in [0.1, 0.15) is 37.7 Å². The zero-order valence-corrected chi connectivity index (χ0v) is 11.7. The van der Waals surface area contributed by atoms with Gasteiger partial charge < -0.3 is 16.4 Å². The molecule has 2 amide bonds. The lowest BCUT2D eigenvalue weighted by Crippen LogP contribution is -2.42. The minimum Gasteiger partial charge on any atom is -0.397 e. The molecule has 2 rings (SSSR count). The summed E-state index contributed by atoms with van der Waals surface area (Å²) in [5.41, 5.74) is 7.68. The van der Waals surface area contributed by atoms with Crippen molar-refractivity contribution in [1.82, 2.24) is 5.32 Å². The van der Waals surface area contributed by atoms with Gasteiger partial charge in [-0.25, -0.2) is 0 Å². The maximum Gasteiger partial charge on any atom is 0.313 e. The van der Waals surface area contributed by atoms with E-state index < -0.39 is 11.8 Å². The molecule has 1 aromatic carbocycles. The lowest BCUT2D eigenvalue weighted by Gasteiger charge is -2.22. The van der Waals surface area contributed by atoms with Crippen molar-refractivity contribution < 1.29 is 9.59 Å².